The Morgan fingerprint density at radius 1 is 1.17 bits per heavy atom. The van der Waals surface area contributed by atoms with Crippen molar-refractivity contribution in [1.29, 1.82) is 5.26 Å². The maximum Gasteiger partial charge on any atom is 0.227 e. The topological polar surface area (TPSA) is 116 Å². The molecule has 29 heavy (non-hydrogen) atoms. The molecule has 7 nitrogen and oxygen atoms in total. The smallest absolute Gasteiger partial charge is 0.227 e. The molecule has 1 fully saturated rings. The molecule has 0 heterocycles. The fourth-order valence-corrected chi connectivity index (χ4v) is 4.78. The van der Waals surface area contributed by atoms with Crippen LogP contribution in [0.3, 0.4) is 0 Å². The van der Waals surface area contributed by atoms with E-state index < -0.39 is 9.84 Å². The van der Waals surface area contributed by atoms with Gasteiger partial charge in [0.05, 0.1) is 16.5 Å². The molecule has 8 heteroatoms. The zero-order valence-corrected chi connectivity index (χ0v) is 17.2. The van der Waals surface area contributed by atoms with Crippen molar-refractivity contribution in [3.63, 3.8) is 0 Å². The molecule has 0 unspecified atom stereocenters. The summed E-state index contributed by atoms with van der Waals surface area (Å²) < 4.78 is 24.4. The van der Waals surface area contributed by atoms with Gasteiger partial charge in [0.1, 0.15) is 0 Å². The fraction of sp³-hybridized carbons (Fsp3) is 0.381. The van der Waals surface area contributed by atoms with Gasteiger partial charge < -0.3 is 10.6 Å². The Hall–Kier alpha value is -2.92. The Morgan fingerprint density at radius 2 is 1.93 bits per heavy atom. The number of amides is 2. The molecule has 152 valence electrons. The number of fused-ring (bicyclic) bond motifs is 1. The summed E-state index contributed by atoms with van der Waals surface area (Å²) in [6.07, 6.45) is 4.14. The molecule has 0 aliphatic heterocycles. The van der Waals surface area contributed by atoms with Crippen LogP contribution in [0.1, 0.15) is 38.2 Å². The highest BCUT2D eigenvalue weighted by Gasteiger charge is 2.27. The minimum atomic E-state index is -3.55. The van der Waals surface area contributed by atoms with Crippen LogP contribution in [0.5, 0.6) is 0 Å². The van der Waals surface area contributed by atoms with Crippen molar-refractivity contribution in [2.75, 3.05) is 11.6 Å². The van der Waals surface area contributed by atoms with Crippen molar-refractivity contribution >= 4 is 38.1 Å². The SMILES string of the molecule is CC(=O)N[C@@H]1CCC[C@H](C(=O)Nc2ccc3cc(C#N)cc(S(C)(=O)=O)c3c2)C1. The molecule has 0 aromatic heterocycles. The summed E-state index contributed by atoms with van der Waals surface area (Å²) in [4.78, 5) is 24.1. The van der Waals surface area contributed by atoms with Crippen molar-refractivity contribution in [3.05, 3.63) is 35.9 Å². The third-order valence-corrected chi connectivity index (χ3v) is 6.30. The third-order valence-electron chi connectivity index (χ3n) is 5.16. The molecule has 0 radical (unpaired) electrons. The number of hydrogen-bond donors (Lipinski definition) is 2. The predicted octanol–water partition coefficient (Wildman–Crippen LogP) is 2.75. The molecule has 2 aromatic carbocycles. The van der Waals surface area contributed by atoms with E-state index in [2.05, 4.69) is 10.6 Å². The van der Waals surface area contributed by atoms with Gasteiger partial charge in [-0.25, -0.2) is 8.42 Å². The van der Waals surface area contributed by atoms with E-state index in [9.17, 15) is 18.0 Å². The van der Waals surface area contributed by atoms with Gasteiger partial charge in [0.2, 0.25) is 11.8 Å². The van der Waals surface area contributed by atoms with Crippen molar-refractivity contribution in [1.82, 2.24) is 5.32 Å². The second kappa shape index (κ2) is 8.21. The molecule has 2 N–H and O–H groups in total. The van der Waals surface area contributed by atoms with Crippen molar-refractivity contribution in [3.8, 4) is 6.07 Å². The molecular weight excluding hydrogens is 390 g/mol. The Morgan fingerprint density at radius 3 is 2.59 bits per heavy atom. The van der Waals surface area contributed by atoms with Gasteiger partial charge in [-0.05, 0) is 48.9 Å². The Kier molecular flexibility index (Phi) is 5.89. The van der Waals surface area contributed by atoms with Crippen molar-refractivity contribution in [2.45, 2.75) is 43.5 Å². The van der Waals surface area contributed by atoms with Crippen LogP contribution in [0.2, 0.25) is 0 Å². The molecule has 0 saturated heterocycles. The Labute approximate surface area is 170 Å². The van der Waals surface area contributed by atoms with Crippen LogP contribution in [0.25, 0.3) is 10.8 Å². The van der Waals surface area contributed by atoms with Gasteiger partial charge in [0.25, 0.3) is 0 Å². The van der Waals surface area contributed by atoms with Crippen LogP contribution in [-0.2, 0) is 19.4 Å². The molecular formula is C21H23N3O4S. The van der Waals surface area contributed by atoms with Crippen LogP contribution in [-0.4, -0.2) is 32.5 Å². The molecule has 2 amide bonds. The number of nitriles is 1. The quantitative estimate of drug-likeness (QED) is 0.799. The van der Waals surface area contributed by atoms with E-state index in [1.807, 2.05) is 6.07 Å². The molecule has 3 rings (SSSR count). The Bertz CT molecular complexity index is 1120. The minimum Gasteiger partial charge on any atom is -0.354 e. The maximum absolute atomic E-state index is 12.7. The first-order chi connectivity index (χ1) is 13.7. The van der Waals surface area contributed by atoms with Gasteiger partial charge in [-0.1, -0.05) is 12.5 Å². The summed E-state index contributed by atoms with van der Waals surface area (Å²) in [5.41, 5.74) is 0.764. The van der Waals surface area contributed by atoms with Gasteiger partial charge in [-0.15, -0.1) is 0 Å². The number of carbonyl (C=O) groups excluding carboxylic acids is 2. The first-order valence-electron chi connectivity index (χ1n) is 9.43. The first-order valence-corrected chi connectivity index (χ1v) is 11.3. The summed E-state index contributed by atoms with van der Waals surface area (Å²) in [5, 5.41) is 16.0. The number of anilines is 1. The van der Waals surface area contributed by atoms with Crippen LogP contribution >= 0.6 is 0 Å². The number of rotatable bonds is 4. The lowest BCUT2D eigenvalue weighted by atomic mass is 9.85. The fourth-order valence-electron chi connectivity index (χ4n) is 3.86. The van der Waals surface area contributed by atoms with E-state index in [0.29, 0.717) is 22.9 Å². The normalized spacial score (nSPS) is 19.3. The van der Waals surface area contributed by atoms with Gasteiger partial charge in [-0.3, -0.25) is 9.59 Å². The number of nitrogens with zero attached hydrogens (tertiary/aromatic N) is 1. The maximum atomic E-state index is 12.7. The largest absolute Gasteiger partial charge is 0.354 e. The monoisotopic (exact) mass is 413 g/mol. The van der Waals surface area contributed by atoms with Gasteiger partial charge in [0, 0.05) is 36.2 Å². The van der Waals surface area contributed by atoms with Crippen LogP contribution < -0.4 is 10.6 Å². The van der Waals surface area contributed by atoms with Crippen molar-refractivity contribution in [2.24, 2.45) is 5.92 Å². The van der Waals surface area contributed by atoms with E-state index in [4.69, 9.17) is 5.26 Å². The van der Waals surface area contributed by atoms with E-state index in [-0.39, 0.29) is 34.2 Å². The number of sulfone groups is 1. The molecule has 0 bridgehead atoms. The lowest BCUT2D eigenvalue weighted by molar-refractivity contribution is -0.123. The van der Waals surface area contributed by atoms with Crippen LogP contribution in [0, 0.1) is 17.2 Å². The highest BCUT2D eigenvalue weighted by atomic mass is 32.2. The minimum absolute atomic E-state index is 0.00477. The van der Waals surface area contributed by atoms with E-state index >= 15 is 0 Å². The third kappa shape index (κ3) is 4.93. The molecule has 0 spiro atoms. The van der Waals surface area contributed by atoms with Crippen molar-refractivity contribution < 1.29 is 18.0 Å². The second-order valence-electron chi connectivity index (χ2n) is 7.54. The average Bonchev–Trinajstić information content (AvgIpc) is 2.66. The number of hydrogen-bond acceptors (Lipinski definition) is 5. The van der Waals surface area contributed by atoms with E-state index in [1.54, 1.807) is 24.3 Å². The summed E-state index contributed by atoms with van der Waals surface area (Å²) in [7, 11) is -3.55. The summed E-state index contributed by atoms with van der Waals surface area (Å²) in [6.45, 7) is 1.47. The molecule has 1 aliphatic rings. The number of carbonyl (C=O) groups is 2. The Balaban J connectivity index is 1.86. The highest BCUT2D eigenvalue weighted by molar-refractivity contribution is 7.91. The van der Waals surface area contributed by atoms with Gasteiger partial charge in [0.15, 0.2) is 9.84 Å². The summed E-state index contributed by atoms with van der Waals surface area (Å²) in [5.74, 6) is -0.462. The predicted molar refractivity (Wildman–Crippen MR) is 110 cm³/mol. The summed E-state index contributed by atoms with van der Waals surface area (Å²) >= 11 is 0. The van der Waals surface area contributed by atoms with Crippen LogP contribution in [0.15, 0.2) is 35.2 Å². The standard InChI is InChI=1S/C21H23N3O4S/c1-13(25)23-17-5-3-4-16(10-17)21(26)24-18-7-6-15-8-14(12-22)9-20(19(15)11-18)29(2,27)28/h6-9,11,16-17H,3-5,10H2,1-2H3,(H,23,25)(H,24,26)/t16-,17+/m0/s1. The molecule has 2 atom stereocenters. The van der Waals surface area contributed by atoms with Gasteiger partial charge >= 0.3 is 0 Å². The second-order valence-corrected chi connectivity index (χ2v) is 9.53. The molecule has 1 saturated carbocycles. The number of benzene rings is 2. The zero-order valence-electron chi connectivity index (χ0n) is 16.4. The lowest BCUT2D eigenvalue weighted by Crippen LogP contribution is -2.40. The molecule has 2 aromatic rings. The lowest BCUT2D eigenvalue weighted by Gasteiger charge is -2.28. The summed E-state index contributed by atoms with van der Waals surface area (Å²) in [6, 6.07) is 9.96. The van der Waals surface area contributed by atoms with E-state index in [0.717, 1.165) is 25.5 Å². The highest BCUT2D eigenvalue weighted by Crippen LogP contribution is 2.29. The zero-order chi connectivity index (χ0) is 21.2. The molecule has 1 aliphatic carbocycles. The first kappa shape index (κ1) is 20.8. The average molecular weight is 413 g/mol. The van der Waals surface area contributed by atoms with Gasteiger partial charge in [-0.2, -0.15) is 5.26 Å². The van der Waals surface area contributed by atoms with E-state index in [1.165, 1.54) is 13.0 Å². The number of nitrogens with one attached hydrogen (secondary N) is 2. The van der Waals surface area contributed by atoms with Crippen LogP contribution in [0.4, 0.5) is 5.69 Å².